The number of amides is 2. The average molecular weight is 461 g/mol. The maximum absolute atomic E-state index is 13.6. The number of carbonyl (C=O) groups excluding carboxylic acids is 2. The van der Waals surface area contributed by atoms with Crippen LogP contribution in [0.25, 0.3) is 0 Å². The molecule has 0 aromatic heterocycles. The maximum atomic E-state index is 13.6. The molecule has 0 bridgehead atoms. The Morgan fingerprint density at radius 1 is 1.06 bits per heavy atom. The van der Waals surface area contributed by atoms with E-state index in [2.05, 4.69) is 53.5 Å². The van der Waals surface area contributed by atoms with Gasteiger partial charge in [0.1, 0.15) is 5.75 Å². The van der Waals surface area contributed by atoms with Gasteiger partial charge in [-0.05, 0) is 74.3 Å². The van der Waals surface area contributed by atoms with E-state index in [4.69, 9.17) is 4.74 Å². The Kier molecular flexibility index (Phi) is 6.62. The Balaban J connectivity index is 1.46. The Labute approximate surface area is 202 Å². The summed E-state index contributed by atoms with van der Waals surface area (Å²) in [6, 6.07) is 14.9. The van der Waals surface area contributed by atoms with E-state index in [0.29, 0.717) is 18.2 Å². The minimum Gasteiger partial charge on any atom is -0.481 e. The number of hydrogen-bond acceptors (Lipinski definition) is 3. The molecule has 5 rings (SSSR count). The zero-order valence-corrected chi connectivity index (χ0v) is 20.4. The third-order valence-electron chi connectivity index (χ3n) is 7.59. The van der Waals surface area contributed by atoms with E-state index in [0.717, 1.165) is 62.6 Å². The standard InChI is InChI=1S/C29H36N2O3/c1-3-26(28(32)30-23-13-14-23)34-24-15-12-20-16-17-31(29(33)22-6-4-5-7-22)27(25(20)18-24)21-10-8-19(2)9-11-21/h8-12,15,18,22-23,26-27H,3-7,13-14,16-17H2,1-2H3,(H,30,32)/t26-,27-/m0/s1. The van der Waals surface area contributed by atoms with Crippen LogP contribution in [-0.2, 0) is 16.0 Å². The van der Waals surface area contributed by atoms with Crippen molar-refractivity contribution in [1.29, 1.82) is 0 Å². The van der Waals surface area contributed by atoms with Crippen LogP contribution < -0.4 is 10.1 Å². The van der Waals surface area contributed by atoms with Crippen molar-refractivity contribution in [3.05, 3.63) is 64.7 Å². The fourth-order valence-electron chi connectivity index (χ4n) is 5.43. The third-order valence-corrected chi connectivity index (χ3v) is 7.59. The first-order valence-electron chi connectivity index (χ1n) is 13.0. The molecule has 1 heterocycles. The summed E-state index contributed by atoms with van der Waals surface area (Å²) in [6.45, 7) is 4.80. The van der Waals surface area contributed by atoms with Crippen LogP contribution in [0.15, 0.2) is 42.5 Å². The lowest BCUT2D eigenvalue weighted by molar-refractivity contribution is -0.137. The van der Waals surface area contributed by atoms with Gasteiger partial charge >= 0.3 is 0 Å². The van der Waals surface area contributed by atoms with E-state index in [-0.39, 0.29) is 23.8 Å². The van der Waals surface area contributed by atoms with Crippen molar-refractivity contribution in [2.24, 2.45) is 5.92 Å². The summed E-state index contributed by atoms with van der Waals surface area (Å²) in [7, 11) is 0. The molecule has 2 amide bonds. The summed E-state index contributed by atoms with van der Waals surface area (Å²) >= 11 is 0. The second-order valence-corrected chi connectivity index (χ2v) is 10.2. The smallest absolute Gasteiger partial charge is 0.261 e. The van der Waals surface area contributed by atoms with Crippen molar-refractivity contribution in [2.75, 3.05) is 6.54 Å². The molecule has 2 aromatic carbocycles. The summed E-state index contributed by atoms with van der Waals surface area (Å²) in [4.78, 5) is 28.3. The molecule has 5 nitrogen and oxygen atoms in total. The third kappa shape index (κ3) is 4.84. The second-order valence-electron chi connectivity index (χ2n) is 10.2. The first-order valence-corrected chi connectivity index (χ1v) is 13.0. The number of rotatable bonds is 7. The molecule has 2 saturated carbocycles. The van der Waals surface area contributed by atoms with E-state index in [1.54, 1.807) is 0 Å². The second kappa shape index (κ2) is 9.81. The number of hydrogen-bond donors (Lipinski definition) is 1. The van der Waals surface area contributed by atoms with E-state index in [1.807, 2.05) is 13.0 Å². The average Bonchev–Trinajstić information content (AvgIpc) is 3.49. The lowest BCUT2D eigenvalue weighted by Crippen LogP contribution is -2.43. The van der Waals surface area contributed by atoms with Gasteiger partial charge in [-0.15, -0.1) is 0 Å². The first-order chi connectivity index (χ1) is 16.5. The zero-order valence-electron chi connectivity index (χ0n) is 20.4. The molecule has 1 aliphatic heterocycles. The van der Waals surface area contributed by atoms with Crippen LogP contribution in [0.3, 0.4) is 0 Å². The molecular formula is C29H36N2O3. The molecule has 3 aliphatic rings. The van der Waals surface area contributed by atoms with Crippen LogP contribution in [-0.4, -0.2) is 35.4 Å². The predicted molar refractivity (Wildman–Crippen MR) is 133 cm³/mol. The molecule has 0 radical (unpaired) electrons. The van der Waals surface area contributed by atoms with E-state index >= 15 is 0 Å². The summed E-state index contributed by atoms with van der Waals surface area (Å²) in [6.07, 6.45) is 7.37. The molecule has 2 atom stereocenters. The van der Waals surface area contributed by atoms with Crippen molar-refractivity contribution >= 4 is 11.8 Å². The normalized spacial score (nSPS) is 21.1. The van der Waals surface area contributed by atoms with Gasteiger partial charge in [-0.1, -0.05) is 55.7 Å². The van der Waals surface area contributed by atoms with Crippen molar-refractivity contribution in [2.45, 2.75) is 83.4 Å². The minimum atomic E-state index is -0.503. The van der Waals surface area contributed by atoms with E-state index in [9.17, 15) is 9.59 Å². The monoisotopic (exact) mass is 460 g/mol. The number of fused-ring (bicyclic) bond motifs is 1. The SMILES string of the molecule is CC[C@H](Oc1ccc2c(c1)[C@H](c1ccc(C)cc1)N(C(=O)C1CCCC1)CC2)C(=O)NC1CC1. The predicted octanol–water partition coefficient (Wildman–Crippen LogP) is 5.10. The summed E-state index contributed by atoms with van der Waals surface area (Å²) in [5.41, 5.74) is 4.71. The molecule has 5 heteroatoms. The number of benzene rings is 2. The summed E-state index contributed by atoms with van der Waals surface area (Å²) < 4.78 is 6.20. The van der Waals surface area contributed by atoms with Gasteiger partial charge in [-0.25, -0.2) is 0 Å². The number of carbonyl (C=O) groups is 2. The highest BCUT2D eigenvalue weighted by atomic mass is 16.5. The minimum absolute atomic E-state index is 0.0316. The maximum Gasteiger partial charge on any atom is 0.261 e. The van der Waals surface area contributed by atoms with Gasteiger partial charge in [-0.3, -0.25) is 9.59 Å². The molecule has 2 aliphatic carbocycles. The van der Waals surface area contributed by atoms with Crippen molar-refractivity contribution in [3.8, 4) is 5.75 Å². The van der Waals surface area contributed by atoms with Gasteiger partial charge in [0.15, 0.2) is 6.10 Å². The molecule has 1 N–H and O–H groups in total. The molecule has 0 spiro atoms. The topological polar surface area (TPSA) is 58.6 Å². The Morgan fingerprint density at radius 2 is 1.79 bits per heavy atom. The van der Waals surface area contributed by atoms with Crippen LogP contribution >= 0.6 is 0 Å². The highest BCUT2D eigenvalue weighted by Crippen LogP contribution is 2.40. The first kappa shape index (κ1) is 22.9. The Hall–Kier alpha value is -2.82. The number of aryl methyl sites for hydroxylation is 1. The molecule has 2 fully saturated rings. The highest BCUT2D eigenvalue weighted by Gasteiger charge is 2.36. The van der Waals surface area contributed by atoms with Crippen molar-refractivity contribution in [1.82, 2.24) is 10.2 Å². The van der Waals surface area contributed by atoms with Crippen LogP contribution in [0, 0.1) is 12.8 Å². The zero-order chi connectivity index (χ0) is 23.7. The van der Waals surface area contributed by atoms with Gasteiger partial charge in [0, 0.05) is 18.5 Å². The summed E-state index contributed by atoms with van der Waals surface area (Å²) in [5.74, 6) is 1.10. The van der Waals surface area contributed by atoms with Crippen LogP contribution in [0.2, 0.25) is 0 Å². The lowest BCUT2D eigenvalue weighted by Gasteiger charge is -2.39. The van der Waals surface area contributed by atoms with Crippen LogP contribution in [0.1, 0.15) is 80.2 Å². The number of ether oxygens (including phenoxy) is 1. The number of nitrogens with one attached hydrogen (secondary N) is 1. The molecule has 34 heavy (non-hydrogen) atoms. The van der Waals surface area contributed by atoms with Gasteiger partial charge < -0.3 is 15.0 Å². The van der Waals surface area contributed by atoms with Gasteiger partial charge in [0.05, 0.1) is 6.04 Å². The van der Waals surface area contributed by atoms with Crippen LogP contribution in [0.5, 0.6) is 5.75 Å². The Bertz CT molecular complexity index is 1040. The molecule has 0 unspecified atom stereocenters. The van der Waals surface area contributed by atoms with Gasteiger partial charge in [0.25, 0.3) is 5.91 Å². The number of nitrogens with zero attached hydrogens (tertiary/aromatic N) is 1. The molecular weight excluding hydrogens is 424 g/mol. The van der Waals surface area contributed by atoms with Gasteiger partial charge in [-0.2, -0.15) is 0 Å². The Morgan fingerprint density at radius 3 is 2.47 bits per heavy atom. The molecule has 180 valence electrons. The van der Waals surface area contributed by atoms with Crippen molar-refractivity contribution < 1.29 is 14.3 Å². The lowest BCUT2D eigenvalue weighted by atomic mass is 9.86. The van der Waals surface area contributed by atoms with Crippen molar-refractivity contribution in [3.63, 3.8) is 0 Å². The fraction of sp³-hybridized carbons (Fsp3) is 0.517. The largest absolute Gasteiger partial charge is 0.481 e. The highest BCUT2D eigenvalue weighted by molar-refractivity contribution is 5.82. The van der Waals surface area contributed by atoms with E-state index < -0.39 is 6.10 Å². The molecule has 0 saturated heterocycles. The molecule has 2 aromatic rings. The van der Waals surface area contributed by atoms with E-state index in [1.165, 1.54) is 11.1 Å². The van der Waals surface area contributed by atoms with Crippen LogP contribution in [0.4, 0.5) is 0 Å². The summed E-state index contributed by atoms with van der Waals surface area (Å²) in [5, 5.41) is 3.06. The fourth-order valence-corrected chi connectivity index (χ4v) is 5.43. The van der Waals surface area contributed by atoms with Gasteiger partial charge in [0.2, 0.25) is 5.91 Å². The quantitative estimate of drug-likeness (QED) is 0.626.